The molecule has 6 nitrogen and oxygen atoms in total. The van der Waals surface area contributed by atoms with Crippen LogP contribution in [0.5, 0.6) is 11.5 Å². The first kappa shape index (κ1) is 21.2. The van der Waals surface area contributed by atoms with Gasteiger partial charge in [-0.25, -0.2) is 0 Å². The molecule has 0 atom stereocenters. The Morgan fingerprint density at radius 2 is 1.77 bits per heavy atom. The summed E-state index contributed by atoms with van der Waals surface area (Å²) in [6, 6.07) is 8.29. The van der Waals surface area contributed by atoms with Crippen LogP contribution in [0.1, 0.15) is 11.3 Å². The molecule has 2 heterocycles. The number of phenolic OH excluding ortho intramolecular Hbond substituents is 1. The van der Waals surface area contributed by atoms with Gasteiger partial charge in [-0.15, -0.1) is 0 Å². The molecule has 1 fully saturated rings. The van der Waals surface area contributed by atoms with E-state index in [1.54, 1.807) is 0 Å². The molecule has 9 heteroatoms. The number of hydrogen-bond acceptors (Lipinski definition) is 6. The lowest BCUT2D eigenvalue weighted by atomic mass is 10.00. The van der Waals surface area contributed by atoms with Gasteiger partial charge in [-0.1, -0.05) is 12.1 Å². The van der Waals surface area contributed by atoms with Gasteiger partial charge in [0.25, 0.3) is 0 Å². The van der Waals surface area contributed by atoms with E-state index in [-0.39, 0.29) is 34.4 Å². The van der Waals surface area contributed by atoms with Gasteiger partial charge in [0.15, 0.2) is 0 Å². The number of fused-ring (bicyclic) bond motifs is 1. The zero-order valence-corrected chi connectivity index (χ0v) is 16.7. The number of halogens is 3. The van der Waals surface area contributed by atoms with Crippen LogP contribution < -0.4 is 10.2 Å². The maximum absolute atomic E-state index is 13.9. The summed E-state index contributed by atoms with van der Waals surface area (Å²) in [4.78, 5) is 15.1. The van der Waals surface area contributed by atoms with Crippen molar-refractivity contribution in [2.45, 2.75) is 12.7 Å². The summed E-state index contributed by atoms with van der Waals surface area (Å²) in [6.07, 6.45) is -4.91. The summed E-state index contributed by atoms with van der Waals surface area (Å²) in [5.41, 5.74) is -1.46. The van der Waals surface area contributed by atoms with E-state index < -0.39 is 22.9 Å². The second-order valence-corrected chi connectivity index (χ2v) is 7.19. The maximum atomic E-state index is 13.9. The van der Waals surface area contributed by atoms with Crippen LogP contribution in [0.4, 0.5) is 13.2 Å². The fourth-order valence-corrected chi connectivity index (χ4v) is 3.66. The van der Waals surface area contributed by atoms with Gasteiger partial charge in [0.05, 0.1) is 36.8 Å². The molecule has 1 saturated heterocycles. The highest BCUT2D eigenvalue weighted by Gasteiger charge is 2.40. The molecule has 0 bridgehead atoms. The van der Waals surface area contributed by atoms with Gasteiger partial charge in [0, 0.05) is 19.6 Å². The molecule has 31 heavy (non-hydrogen) atoms. The van der Waals surface area contributed by atoms with Crippen molar-refractivity contribution in [3.05, 3.63) is 57.9 Å². The second-order valence-electron chi connectivity index (χ2n) is 7.19. The molecule has 3 aromatic rings. The predicted molar refractivity (Wildman–Crippen MR) is 107 cm³/mol. The van der Waals surface area contributed by atoms with Crippen LogP contribution in [0.3, 0.4) is 0 Å². The van der Waals surface area contributed by atoms with E-state index in [9.17, 15) is 23.1 Å². The van der Waals surface area contributed by atoms with Gasteiger partial charge in [0.1, 0.15) is 17.1 Å². The first-order valence-corrected chi connectivity index (χ1v) is 9.63. The van der Waals surface area contributed by atoms with Gasteiger partial charge < -0.3 is 19.0 Å². The molecule has 0 radical (unpaired) electrons. The Labute approximate surface area is 175 Å². The highest BCUT2D eigenvalue weighted by molar-refractivity contribution is 5.86. The van der Waals surface area contributed by atoms with Crippen molar-refractivity contribution in [2.75, 3.05) is 33.4 Å². The van der Waals surface area contributed by atoms with Crippen molar-refractivity contribution in [1.29, 1.82) is 0 Å². The summed E-state index contributed by atoms with van der Waals surface area (Å²) in [6.45, 7) is 2.19. The summed E-state index contributed by atoms with van der Waals surface area (Å²) in [7, 11) is 1.43. The third-order valence-corrected chi connectivity index (χ3v) is 5.26. The van der Waals surface area contributed by atoms with E-state index in [0.29, 0.717) is 32.1 Å². The molecule has 1 aliphatic heterocycles. The lowest BCUT2D eigenvalue weighted by Crippen LogP contribution is -2.35. The van der Waals surface area contributed by atoms with E-state index in [1.165, 1.54) is 43.5 Å². The van der Waals surface area contributed by atoms with Crippen LogP contribution in [0.2, 0.25) is 0 Å². The second kappa shape index (κ2) is 8.24. The number of nitrogens with zero attached hydrogens (tertiary/aromatic N) is 1. The SMILES string of the molecule is COc1ccc(-c2c(C(F)(F)F)oc3c(CN4CCOCC4)c(O)ccc3c2=O)cc1. The molecule has 1 aliphatic rings. The predicted octanol–water partition coefficient (Wildman–Crippen LogP) is 4.03. The molecule has 4 rings (SSSR count). The lowest BCUT2D eigenvalue weighted by Gasteiger charge is -2.27. The van der Waals surface area contributed by atoms with Crippen molar-refractivity contribution in [3.8, 4) is 22.6 Å². The van der Waals surface area contributed by atoms with Crippen molar-refractivity contribution in [2.24, 2.45) is 0 Å². The average Bonchev–Trinajstić information content (AvgIpc) is 2.76. The van der Waals surface area contributed by atoms with Crippen LogP contribution in [-0.2, 0) is 17.5 Å². The number of aromatic hydroxyl groups is 1. The Bertz CT molecular complexity index is 1150. The Hall–Kier alpha value is -3.04. The molecule has 0 saturated carbocycles. The fourth-order valence-electron chi connectivity index (χ4n) is 3.66. The van der Waals surface area contributed by atoms with Gasteiger partial charge in [-0.05, 0) is 29.8 Å². The quantitative estimate of drug-likeness (QED) is 0.667. The van der Waals surface area contributed by atoms with Crippen LogP contribution in [0, 0.1) is 0 Å². The summed E-state index contributed by atoms with van der Waals surface area (Å²) in [5, 5.41) is 10.3. The molecular formula is C22H20F3NO5. The molecule has 164 valence electrons. The summed E-state index contributed by atoms with van der Waals surface area (Å²) in [5.74, 6) is -1.18. The summed E-state index contributed by atoms with van der Waals surface area (Å²) < 4.78 is 57.4. The lowest BCUT2D eigenvalue weighted by molar-refractivity contribution is -0.152. The zero-order chi connectivity index (χ0) is 22.2. The van der Waals surface area contributed by atoms with Gasteiger partial charge in [-0.2, -0.15) is 13.2 Å². The molecule has 2 aromatic carbocycles. The van der Waals surface area contributed by atoms with E-state index in [1.807, 2.05) is 4.90 Å². The monoisotopic (exact) mass is 435 g/mol. The number of phenols is 1. The number of methoxy groups -OCH3 is 1. The maximum Gasteiger partial charge on any atom is 0.450 e. The zero-order valence-electron chi connectivity index (χ0n) is 16.7. The number of ether oxygens (including phenoxy) is 2. The van der Waals surface area contributed by atoms with Gasteiger partial charge in [0.2, 0.25) is 11.2 Å². The molecule has 0 unspecified atom stereocenters. The summed E-state index contributed by atoms with van der Waals surface area (Å²) >= 11 is 0. The smallest absolute Gasteiger partial charge is 0.450 e. The first-order valence-electron chi connectivity index (χ1n) is 9.63. The van der Waals surface area contributed by atoms with E-state index in [4.69, 9.17) is 13.9 Å². The first-order chi connectivity index (χ1) is 14.8. The number of morpholine rings is 1. The minimum absolute atomic E-state index is 0.0279. The number of alkyl halides is 3. The minimum Gasteiger partial charge on any atom is -0.507 e. The number of hydrogen-bond donors (Lipinski definition) is 1. The Kier molecular flexibility index (Phi) is 5.63. The van der Waals surface area contributed by atoms with Crippen LogP contribution in [0.15, 0.2) is 45.6 Å². The van der Waals surface area contributed by atoms with Crippen LogP contribution in [-0.4, -0.2) is 43.4 Å². The van der Waals surface area contributed by atoms with Crippen molar-refractivity contribution < 1.29 is 32.2 Å². The van der Waals surface area contributed by atoms with E-state index in [0.717, 1.165) is 0 Å². The topological polar surface area (TPSA) is 72.1 Å². The van der Waals surface area contributed by atoms with E-state index >= 15 is 0 Å². The number of benzene rings is 2. The normalized spacial score (nSPS) is 15.4. The average molecular weight is 435 g/mol. The number of rotatable bonds is 4. The van der Waals surface area contributed by atoms with Gasteiger partial charge in [-0.3, -0.25) is 9.69 Å². The Balaban J connectivity index is 1.94. The Morgan fingerprint density at radius 1 is 1.10 bits per heavy atom. The molecule has 0 amide bonds. The fraction of sp³-hybridized carbons (Fsp3) is 0.318. The standard InChI is InChI=1S/C22H20F3NO5/c1-29-14-4-2-13(3-5-14)18-19(28)15-6-7-17(27)16(12-26-8-10-30-11-9-26)20(15)31-21(18)22(23,24)25/h2-7,27H,8-12H2,1H3. The largest absolute Gasteiger partial charge is 0.507 e. The third kappa shape index (κ3) is 4.11. The van der Waals surface area contributed by atoms with Gasteiger partial charge >= 0.3 is 6.18 Å². The highest BCUT2D eigenvalue weighted by atomic mass is 19.4. The Morgan fingerprint density at radius 3 is 2.39 bits per heavy atom. The molecule has 0 aliphatic carbocycles. The van der Waals surface area contributed by atoms with Crippen LogP contribution >= 0.6 is 0 Å². The molecule has 1 N–H and O–H groups in total. The van der Waals surface area contributed by atoms with E-state index in [2.05, 4.69) is 0 Å². The van der Waals surface area contributed by atoms with Crippen molar-refractivity contribution >= 4 is 11.0 Å². The third-order valence-electron chi connectivity index (χ3n) is 5.26. The van der Waals surface area contributed by atoms with Crippen molar-refractivity contribution in [3.63, 3.8) is 0 Å². The van der Waals surface area contributed by atoms with Crippen LogP contribution in [0.25, 0.3) is 22.1 Å². The molecule has 1 aromatic heterocycles. The molecular weight excluding hydrogens is 415 g/mol. The molecule has 0 spiro atoms. The van der Waals surface area contributed by atoms with Crippen molar-refractivity contribution in [1.82, 2.24) is 4.90 Å². The minimum atomic E-state index is -4.91. The highest BCUT2D eigenvalue weighted by Crippen LogP contribution is 2.39.